The maximum absolute atomic E-state index is 12.4. The summed E-state index contributed by atoms with van der Waals surface area (Å²) in [7, 11) is 2.24. The Bertz CT molecular complexity index is 564. The van der Waals surface area contributed by atoms with Crippen molar-refractivity contribution < 1.29 is 8.42 Å². The minimum absolute atomic E-state index is 0.141. The third-order valence-corrected chi connectivity index (χ3v) is 5.95. The number of nitrogens with zero attached hydrogens (tertiary/aromatic N) is 2. The fraction of sp³-hybridized carbons (Fsp3) is 0.625. The molecule has 1 aromatic rings. The zero-order valence-corrected chi connectivity index (χ0v) is 14.6. The van der Waals surface area contributed by atoms with Crippen molar-refractivity contribution in [3.63, 3.8) is 0 Å². The Balaban J connectivity index is 1.93. The molecule has 1 fully saturated rings. The summed E-state index contributed by atoms with van der Waals surface area (Å²) in [6, 6.07) is 8.04. The van der Waals surface area contributed by atoms with Crippen LogP contribution in [0.3, 0.4) is 0 Å². The first-order valence-electron chi connectivity index (χ1n) is 7.89. The minimum atomic E-state index is -3.41. The fourth-order valence-corrected chi connectivity index (χ4v) is 3.99. The first-order valence-corrected chi connectivity index (χ1v) is 9.33. The van der Waals surface area contributed by atoms with Gasteiger partial charge in [-0.1, -0.05) is 31.4 Å². The molecular formula is C16H27N3O2S. The molecule has 0 amide bonds. The molecule has 1 aliphatic carbocycles. The van der Waals surface area contributed by atoms with Gasteiger partial charge in [0, 0.05) is 39.4 Å². The molecule has 0 aromatic heterocycles. The van der Waals surface area contributed by atoms with Crippen molar-refractivity contribution >= 4 is 15.9 Å². The van der Waals surface area contributed by atoms with Gasteiger partial charge in [0.15, 0.2) is 0 Å². The molecule has 2 rings (SSSR count). The van der Waals surface area contributed by atoms with Crippen LogP contribution in [0, 0.1) is 0 Å². The highest BCUT2D eigenvalue weighted by molar-refractivity contribution is 7.87. The predicted octanol–water partition coefficient (Wildman–Crippen LogP) is 2.35. The molecule has 1 saturated carbocycles. The lowest BCUT2D eigenvalue weighted by Crippen LogP contribution is -2.44. The SMILES string of the molecule is CN(C)c1ccc(CNS(=O)(=O)N(C)C2CCCCC2)cc1. The van der Waals surface area contributed by atoms with Crippen LogP contribution >= 0.6 is 0 Å². The van der Waals surface area contributed by atoms with Gasteiger partial charge in [0.05, 0.1) is 0 Å². The van der Waals surface area contributed by atoms with Crippen LogP contribution in [0.15, 0.2) is 24.3 Å². The zero-order valence-electron chi connectivity index (χ0n) is 13.7. The van der Waals surface area contributed by atoms with Gasteiger partial charge < -0.3 is 4.90 Å². The van der Waals surface area contributed by atoms with E-state index in [1.54, 1.807) is 7.05 Å². The normalized spacial score (nSPS) is 16.9. The highest BCUT2D eigenvalue weighted by atomic mass is 32.2. The summed E-state index contributed by atoms with van der Waals surface area (Å²) < 4.78 is 29.0. The van der Waals surface area contributed by atoms with E-state index in [9.17, 15) is 8.42 Å². The van der Waals surface area contributed by atoms with Crippen LogP contribution in [0.25, 0.3) is 0 Å². The molecule has 0 aliphatic heterocycles. The van der Waals surface area contributed by atoms with E-state index in [0.717, 1.165) is 36.9 Å². The first kappa shape index (κ1) is 17.2. The van der Waals surface area contributed by atoms with Crippen molar-refractivity contribution in [2.45, 2.75) is 44.7 Å². The Morgan fingerprint density at radius 2 is 1.64 bits per heavy atom. The van der Waals surface area contributed by atoms with Crippen molar-refractivity contribution in [2.24, 2.45) is 0 Å². The van der Waals surface area contributed by atoms with Crippen molar-refractivity contribution in [1.29, 1.82) is 0 Å². The van der Waals surface area contributed by atoms with Gasteiger partial charge in [0.2, 0.25) is 0 Å². The number of anilines is 1. The van der Waals surface area contributed by atoms with Gasteiger partial charge >= 0.3 is 0 Å². The van der Waals surface area contributed by atoms with Crippen LogP contribution in [0.1, 0.15) is 37.7 Å². The lowest BCUT2D eigenvalue weighted by atomic mass is 9.96. The average Bonchev–Trinajstić information content (AvgIpc) is 2.53. The summed E-state index contributed by atoms with van der Waals surface area (Å²) in [5, 5.41) is 0. The Morgan fingerprint density at radius 3 is 2.18 bits per heavy atom. The Hall–Kier alpha value is -1.11. The smallest absolute Gasteiger partial charge is 0.279 e. The van der Waals surface area contributed by atoms with Crippen LogP contribution in [-0.2, 0) is 16.8 Å². The Labute approximate surface area is 134 Å². The Kier molecular flexibility index (Phi) is 5.83. The van der Waals surface area contributed by atoms with Crippen LogP contribution in [0.5, 0.6) is 0 Å². The molecule has 22 heavy (non-hydrogen) atoms. The van der Waals surface area contributed by atoms with E-state index in [-0.39, 0.29) is 6.04 Å². The van der Waals surface area contributed by atoms with Gasteiger partial charge in [-0.3, -0.25) is 0 Å². The van der Waals surface area contributed by atoms with E-state index >= 15 is 0 Å². The molecule has 0 bridgehead atoms. The molecule has 0 atom stereocenters. The van der Waals surface area contributed by atoms with Crippen molar-refractivity contribution in [2.75, 3.05) is 26.0 Å². The van der Waals surface area contributed by atoms with E-state index in [1.165, 1.54) is 10.7 Å². The number of hydrogen-bond donors (Lipinski definition) is 1. The van der Waals surface area contributed by atoms with Gasteiger partial charge in [-0.05, 0) is 30.5 Å². The largest absolute Gasteiger partial charge is 0.378 e. The maximum atomic E-state index is 12.4. The number of rotatable bonds is 6. The van der Waals surface area contributed by atoms with Gasteiger partial charge in [-0.25, -0.2) is 0 Å². The molecule has 0 spiro atoms. The molecule has 1 aliphatic rings. The minimum Gasteiger partial charge on any atom is -0.378 e. The fourth-order valence-electron chi connectivity index (χ4n) is 2.83. The van der Waals surface area contributed by atoms with Crippen LogP contribution in [0.2, 0.25) is 0 Å². The quantitative estimate of drug-likeness (QED) is 0.873. The molecule has 0 radical (unpaired) electrons. The molecule has 124 valence electrons. The van der Waals surface area contributed by atoms with Crippen molar-refractivity contribution in [1.82, 2.24) is 9.03 Å². The monoisotopic (exact) mass is 325 g/mol. The summed E-state index contributed by atoms with van der Waals surface area (Å²) in [5.41, 5.74) is 2.07. The lowest BCUT2D eigenvalue weighted by molar-refractivity contribution is 0.283. The highest BCUT2D eigenvalue weighted by Gasteiger charge is 2.27. The molecule has 6 heteroatoms. The maximum Gasteiger partial charge on any atom is 0.279 e. The van der Waals surface area contributed by atoms with E-state index in [1.807, 2.05) is 43.3 Å². The van der Waals surface area contributed by atoms with E-state index in [0.29, 0.717) is 6.54 Å². The van der Waals surface area contributed by atoms with E-state index in [2.05, 4.69) is 4.72 Å². The molecule has 0 unspecified atom stereocenters. The van der Waals surface area contributed by atoms with Crippen LogP contribution in [0.4, 0.5) is 5.69 Å². The summed E-state index contributed by atoms with van der Waals surface area (Å²) in [4.78, 5) is 2.02. The second-order valence-electron chi connectivity index (χ2n) is 6.20. The Morgan fingerprint density at radius 1 is 1.05 bits per heavy atom. The predicted molar refractivity (Wildman–Crippen MR) is 91.2 cm³/mol. The molecular weight excluding hydrogens is 298 g/mol. The molecule has 1 N–H and O–H groups in total. The molecule has 0 heterocycles. The van der Waals surface area contributed by atoms with Crippen molar-refractivity contribution in [3.8, 4) is 0 Å². The second-order valence-corrected chi connectivity index (χ2v) is 8.01. The topological polar surface area (TPSA) is 52.7 Å². The molecule has 1 aromatic carbocycles. The first-order chi connectivity index (χ1) is 10.4. The molecule has 0 saturated heterocycles. The van der Waals surface area contributed by atoms with Crippen LogP contribution in [-0.4, -0.2) is 39.9 Å². The van der Waals surface area contributed by atoms with Crippen molar-refractivity contribution in [3.05, 3.63) is 29.8 Å². The number of nitrogens with one attached hydrogen (secondary N) is 1. The third-order valence-electron chi connectivity index (χ3n) is 4.38. The van der Waals surface area contributed by atoms with Gasteiger partial charge in [0.1, 0.15) is 0 Å². The third kappa shape index (κ3) is 4.44. The average molecular weight is 325 g/mol. The van der Waals surface area contributed by atoms with Crippen LogP contribution < -0.4 is 9.62 Å². The molecule has 5 nitrogen and oxygen atoms in total. The summed E-state index contributed by atoms with van der Waals surface area (Å²) in [5.74, 6) is 0. The number of hydrogen-bond acceptors (Lipinski definition) is 3. The summed E-state index contributed by atoms with van der Waals surface area (Å²) >= 11 is 0. The van der Waals surface area contributed by atoms with E-state index in [4.69, 9.17) is 0 Å². The summed E-state index contributed by atoms with van der Waals surface area (Å²) in [6.07, 6.45) is 5.40. The van der Waals surface area contributed by atoms with Gasteiger partial charge in [0.25, 0.3) is 10.2 Å². The van der Waals surface area contributed by atoms with Gasteiger partial charge in [-0.2, -0.15) is 17.4 Å². The van der Waals surface area contributed by atoms with Gasteiger partial charge in [-0.15, -0.1) is 0 Å². The lowest BCUT2D eigenvalue weighted by Gasteiger charge is -2.30. The number of benzene rings is 1. The summed E-state index contributed by atoms with van der Waals surface area (Å²) in [6.45, 7) is 0.326. The van der Waals surface area contributed by atoms with E-state index < -0.39 is 10.2 Å². The highest BCUT2D eigenvalue weighted by Crippen LogP contribution is 2.23. The second kappa shape index (κ2) is 7.44. The zero-order chi connectivity index (χ0) is 16.2. The standard InChI is InChI=1S/C16H27N3O2S/c1-18(2)15-11-9-14(10-12-15)13-17-22(20,21)19(3)16-7-5-4-6-8-16/h9-12,16-17H,4-8,13H2,1-3H3.